The Labute approximate surface area is 183 Å². The molecule has 0 spiro atoms. The number of alkyl halides is 3. The van der Waals surface area contributed by atoms with E-state index < -0.39 is 17.1 Å². The summed E-state index contributed by atoms with van der Waals surface area (Å²) in [5.41, 5.74) is 0. The molecule has 2 aliphatic rings. The second-order valence-electron chi connectivity index (χ2n) is 8.23. The maximum absolute atomic E-state index is 12.8. The van der Waals surface area contributed by atoms with Crippen LogP contribution in [0.25, 0.3) is 0 Å². The summed E-state index contributed by atoms with van der Waals surface area (Å²) in [6.45, 7) is 2.88. The quantitative estimate of drug-likeness (QED) is 0.612. The molecule has 1 aromatic heterocycles. The van der Waals surface area contributed by atoms with E-state index in [0.717, 1.165) is 43.5 Å². The number of rotatable bonds is 7. The Morgan fingerprint density at radius 1 is 1.23 bits per heavy atom. The lowest BCUT2D eigenvalue weighted by Crippen LogP contribution is -2.56. The van der Waals surface area contributed by atoms with E-state index >= 15 is 0 Å². The monoisotopic (exact) mass is 459 g/mol. The van der Waals surface area contributed by atoms with Crippen LogP contribution in [0.2, 0.25) is 0 Å². The van der Waals surface area contributed by atoms with Crippen LogP contribution in [0.15, 0.2) is 12.2 Å². The maximum atomic E-state index is 12.8. The van der Waals surface area contributed by atoms with Gasteiger partial charge in [0.25, 0.3) is 5.91 Å². The molecular formula is C20H28F3N5O2S. The van der Waals surface area contributed by atoms with E-state index in [9.17, 15) is 22.8 Å². The predicted molar refractivity (Wildman–Crippen MR) is 112 cm³/mol. The van der Waals surface area contributed by atoms with E-state index in [-0.39, 0.29) is 29.0 Å². The number of hydrogen-bond acceptors (Lipinski definition) is 6. The Morgan fingerprint density at radius 2 is 1.90 bits per heavy atom. The number of hydrogen-bond donors (Lipinski definition) is 2. The summed E-state index contributed by atoms with van der Waals surface area (Å²) < 4.78 is 38.3. The van der Waals surface area contributed by atoms with Crippen molar-refractivity contribution in [2.45, 2.75) is 63.7 Å². The molecule has 1 aliphatic heterocycles. The van der Waals surface area contributed by atoms with Gasteiger partial charge in [-0.15, -0.1) is 10.2 Å². The van der Waals surface area contributed by atoms with Gasteiger partial charge in [0.1, 0.15) is 0 Å². The van der Waals surface area contributed by atoms with Crippen LogP contribution in [0.3, 0.4) is 0 Å². The summed E-state index contributed by atoms with van der Waals surface area (Å²) in [5.74, 6) is -0.0366. The van der Waals surface area contributed by atoms with Crippen molar-refractivity contribution in [2.75, 3.05) is 18.5 Å². The summed E-state index contributed by atoms with van der Waals surface area (Å²) in [7, 11) is 1.35. The number of halogens is 3. The highest BCUT2D eigenvalue weighted by Gasteiger charge is 2.36. The SMILES string of the molecule is CC(C1CCCCC1)C(C=CC(=O)N(C)c1nnc(C(F)(F)F)s1)NC(=O)C1CCN1. The van der Waals surface area contributed by atoms with Crippen LogP contribution >= 0.6 is 11.3 Å². The summed E-state index contributed by atoms with van der Waals surface area (Å²) in [5, 5.41) is 11.5. The molecule has 0 bridgehead atoms. The van der Waals surface area contributed by atoms with Crippen LogP contribution in [-0.4, -0.2) is 47.7 Å². The molecule has 3 atom stereocenters. The molecule has 2 N–H and O–H groups in total. The standard InChI is InChI=1S/C20H28F3N5O2S/c1-12(13-6-4-3-5-7-13)14(25-17(30)15-10-11-24-15)8-9-16(29)28(2)19-27-26-18(31-19)20(21,22)23/h8-9,12-15,24H,3-7,10-11H2,1-2H3,(H,25,30). The normalized spacial score (nSPS) is 22.0. The van der Waals surface area contributed by atoms with E-state index in [1.54, 1.807) is 6.08 Å². The highest BCUT2D eigenvalue weighted by molar-refractivity contribution is 7.15. The van der Waals surface area contributed by atoms with E-state index in [0.29, 0.717) is 17.3 Å². The van der Waals surface area contributed by atoms with Crippen LogP contribution < -0.4 is 15.5 Å². The topological polar surface area (TPSA) is 87.2 Å². The van der Waals surface area contributed by atoms with Crippen molar-refractivity contribution in [1.29, 1.82) is 0 Å². The number of carbonyl (C=O) groups is 2. The van der Waals surface area contributed by atoms with Crippen molar-refractivity contribution in [3.8, 4) is 0 Å². The Hall–Kier alpha value is -2.01. The zero-order valence-corrected chi connectivity index (χ0v) is 18.4. The van der Waals surface area contributed by atoms with Crippen LogP contribution in [0.1, 0.15) is 50.5 Å². The van der Waals surface area contributed by atoms with Crippen molar-refractivity contribution in [1.82, 2.24) is 20.8 Å². The van der Waals surface area contributed by atoms with Crippen molar-refractivity contribution in [3.05, 3.63) is 17.2 Å². The van der Waals surface area contributed by atoms with Crippen molar-refractivity contribution in [2.24, 2.45) is 11.8 Å². The lowest BCUT2D eigenvalue weighted by Gasteiger charge is -2.34. The first-order valence-electron chi connectivity index (χ1n) is 10.6. The van der Waals surface area contributed by atoms with Gasteiger partial charge in [0.2, 0.25) is 16.0 Å². The largest absolute Gasteiger partial charge is 0.445 e. The molecule has 2 amide bonds. The van der Waals surface area contributed by atoms with E-state index in [1.807, 2.05) is 0 Å². The van der Waals surface area contributed by atoms with E-state index in [2.05, 4.69) is 27.8 Å². The number of amides is 2. The van der Waals surface area contributed by atoms with Crippen LogP contribution in [0.4, 0.5) is 18.3 Å². The summed E-state index contributed by atoms with van der Waals surface area (Å²) in [6, 6.07) is -0.550. The fourth-order valence-corrected chi connectivity index (χ4v) is 4.62. The summed E-state index contributed by atoms with van der Waals surface area (Å²) in [4.78, 5) is 26.1. The molecule has 1 saturated heterocycles. The van der Waals surface area contributed by atoms with Gasteiger partial charge in [0.05, 0.1) is 12.1 Å². The number of nitrogens with zero attached hydrogens (tertiary/aromatic N) is 3. The number of likely N-dealkylation sites (N-methyl/N-ethyl adjacent to an activating group) is 1. The first-order chi connectivity index (χ1) is 14.7. The smallest absolute Gasteiger partial charge is 0.348 e. The Bertz CT molecular complexity index is 803. The maximum Gasteiger partial charge on any atom is 0.445 e. The molecule has 1 aromatic rings. The molecule has 1 aliphatic carbocycles. The minimum Gasteiger partial charge on any atom is -0.348 e. The lowest BCUT2D eigenvalue weighted by molar-refractivity contribution is -0.138. The van der Waals surface area contributed by atoms with Gasteiger partial charge < -0.3 is 10.6 Å². The minimum atomic E-state index is -4.60. The molecule has 1 saturated carbocycles. The first-order valence-corrected chi connectivity index (χ1v) is 11.4. The number of anilines is 1. The van der Waals surface area contributed by atoms with Crippen molar-refractivity contribution >= 4 is 28.3 Å². The number of aromatic nitrogens is 2. The zero-order chi connectivity index (χ0) is 22.6. The first kappa shape index (κ1) is 23.6. The molecule has 11 heteroatoms. The minimum absolute atomic E-state index is 0.0942. The summed E-state index contributed by atoms with van der Waals surface area (Å²) >= 11 is 0.311. The van der Waals surface area contributed by atoms with Crippen LogP contribution in [0.5, 0.6) is 0 Å². The van der Waals surface area contributed by atoms with E-state index in [4.69, 9.17) is 0 Å². The molecule has 3 rings (SSSR count). The Balaban J connectivity index is 1.69. The highest BCUT2D eigenvalue weighted by Crippen LogP contribution is 2.34. The zero-order valence-electron chi connectivity index (χ0n) is 17.6. The Morgan fingerprint density at radius 3 is 2.45 bits per heavy atom. The van der Waals surface area contributed by atoms with Crippen LogP contribution in [0, 0.1) is 11.8 Å². The van der Waals surface area contributed by atoms with Crippen molar-refractivity contribution < 1.29 is 22.8 Å². The van der Waals surface area contributed by atoms with Gasteiger partial charge >= 0.3 is 6.18 Å². The van der Waals surface area contributed by atoms with Gasteiger partial charge in [-0.2, -0.15) is 13.2 Å². The highest BCUT2D eigenvalue weighted by atomic mass is 32.1. The van der Waals surface area contributed by atoms with Gasteiger partial charge in [-0.05, 0) is 24.8 Å². The molecular weight excluding hydrogens is 431 g/mol. The molecule has 3 unspecified atom stereocenters. The molecule has 172 valence electrons. The van der Waals surface area contributed by atoms with Gasteiger partial charge in [-0.3, -0.25) is 14.5 Å². The molecule has 2 heterocycles. The van der Waals surface area contributed by atoms with Gasteiger partial charge in [-0.1, -0.05) is 56.4 Å². The van der Waals surface area contributed by atoms with Gasteiger partial charge in [-0.25, -0.2) is 0 Å². The molecule has 0 radical (unpaired) electrons. The average Bonchev–Trinajstić information content (AvgIpc) is 3.19. The third-order valence-electron chi connectivity index (χ3n) is 6.13. The van der Waals surface area contributed by atoms with E-state index in [1.165, 1.54) is 19.5 Å². The number of nitrogens with one attached hydrogen (secondary N) is 2. The molecule has 7 nitrogen and oxygen atoms in total. The lowest BCUT2D eigenvalue weighted by atomic mass is 9.77. The Kier molecular flexibility index (Phi) is 7.68. The third kappa shape index (κ3) is 6.03. The van der Waals surface area contributed by atoms with Crippen molar-refractivity contribution in [3.63, 3.8) is 0 Å². The predicted octanol–water partition coefficient (Wildman–Crippen LogP) is 3.14. The number of carbonyl (C=O) groups excluding carboxylic acids is 2. The van der Waals surface area contributed by atoms with Gasteiger partial charge in [0, 0.05) is 13.1 Å². The third-order valence-corrected chi connectivity index (χ3v) is 7.17. The molecule has 2 fully saturated rings. The second kappa shape index (κ2) is 10.1. The summed E-state index contributed by atoms with van der Waals surface area (Å²) in [6.07, 6.45) is 4.83. The van der Waals surface area contributed by atoms with Gasteiger partial charge in [0.15, 0.2) is 0 Å². The fourth-order valence-electron chi connectivity index (χ4n) is 3.94. The fraction of sp³-hybridized carbons (Fsp3) is 0.700. The molecule has 0 aromatic carbocycles. The second-order valence-corrected chi connectivity index (χ2v) is 9.19. The van der Waals surface area contributed by atoms with Crippen LogP contribution in [-0.2, 0) is 15.8 Å². The molecule has 31 heavy (non-hydrogen) atoms. The average molecular weight is 460 g/mol.